The average molecular weight is 283 g/mol. The third kappa shape index (κ3) is 2.81. The fraction of sp³-hybridized carbons (Fsp3) is 0.571. The molecule has 0 amide bonds. The van der Waals surface area contributed by atoms with E-state index in [-0.39, 0.29) is 0 Å². The minimum atomic E-state index is 0.542. The summed E-state index contributed by atoms with van der Waals surface area (Å²) in [6.45, 7) is 7.46. The molecule has 0 unspecified atom stereocenters. The van der Waals surface area contributed by atoms with Crippen LogP contribution in [0.3, 0.4) is 0 Å². The Labute approximate surface area is 118 Å². The monoisotopic (exact) mass is 282 g/mol. The molecular formula is C14H19ClN2O2. The molecule has 2 aliphatic rings. The molecule has 0 bridgehead atoms. The maximum atomic E-state index is 6.27. The molecule has 5 heteroatoms. The number of ether oxygens (including phenoxy) is 2. The zero-order valence-corrected chi connectivity index (χ0v) is 11.9. The fourth-order valence-corrected chi connectivity index (χ4v) is 2.90. The first-order valence-corrected chi connectivity index (χ1v) is 7.14. The van der Waals surface area contributed by atoms with Crippen LogP contribution in [-0.4, -0.2) is 43.8 Å². The van der Waals surface area contributed by atoms with Gasteiger partial charge in [0.05, 0.1) is 5.02 Å². The number of hydrogen-bond donors (Lipinski definition) is 1. The molecule has 1 aromatic carbocycles. The molecule has 0 spiro atoms. The molecule has 2 aliphatic heterocycles. The maximum absolute atomic E-state index is 6.27. The standard InChI is InChI=1S/C14H19ClN2O2/c1-10-8-16-2-3-17(10)9-11-6-12(15)14-13(7-11)18-4-5-19-14/h6-7,10,16H,2-5,8-9H2,1H3/t10-/m1/s1. The van der Waals surface area contributed by atoms with Crippen LogP contribution in [0, 0.1) is 0 Å². The molecule has 1 saturated heterocycles. The van der Waals surface area contributed by atoms with E-state index in [2.05, 4.69) is 23.2 Å². The maximum Gasteiger partial charge on any atom is 0.179 e. The number of nitrogens with one attached hydrogen (secondary N) is 1. The quantitative estimate of drug-likeness (QED) is 0.898. The summed E-state index contributed by atoms with van der Waals surface area (Å²) in [7, 11) is 0. The first kappa shape index (κ1) is 13.0. The van der Waals surface area contributed by atoms with Gasteiger partial charge in [0.2, 0.25) is 0 Å². The molecule has 1 N–H and O–H groups in total. The Morgan fingerprint density at radius 2 is 2.21 bits per heavy atom. The van der Waals surface area contributed by atoms with Crippen LogP contribution < -0.4 is 14.8 Å². The van der Waals surface area contributed by atoms with Gasteiger partial charge in [-0.15, -0.1) is 0 Å². The molecule has 0 radical (unpaired) electrons. The van der Waals surface area contributed by atoms with Crippen molar-refractivity contribution in [3.8, 4) is 11.5 Å². The van der Waals surface area contributed by atoms with E-state index in [9.17, 15) is 0 Å². The van der Waals surface area contributed by atoms with Gasteiger partial charge in [-0.1, -0.05) is 11.6 Å². The Balaban J connectivity index is 1.79. The van der Waals surface area contributed by atoms with Gasteiger partial charge in [-0.05, 0) is 24.6 Å². The normalized spacial score (nSPS) is 23.4. The van der Waals surface area contributed by atoms with Crippen molar-refractivity contribution in [2.24, 2.45) is 0 Å². The van der Waals surface area contributed by atoms with Gasteiger partial charge in [-0.25, -0.2) is 0 Å². The van der Waals surface area contributed by atoms with E-state index in [0.29, 0.717) is 30.0 Å². The van der Waals surface area contributed by atoms with Crippen molar-refractivity contribution in [1.82, 2.24) is 10.2 Å². The van der Waals surface area contributed by atoms with Gasteiger partial charge in [0.25, 0.3) is 0 Å². The van der Waals surface area contributed by atoms with E-state index < -0.39 is 0 Å². The van der Waals surface area contributed by atoms with Crippen LogP contribution in [0.15, 0.2) is 12.1 Å². The molecule has 4 nitrogen and oxygen atoms in total. The first-order valence-electron chi connectivity index (χ1n) is 6.77. The summed E-state index contributed by atoms with van der Waals surface area (Å²) in [6, 6.07) is 4.58. The van der Waals surface area contributed by atoms with E-state index in [4.69, 9.17) is 21.1 Å². The van der Waals surface area contributed by atoms with Crippen LogP contribution in [0.5, 0.6) is 11.5 Å². The van der Waals surface area contributed by atoms with Crippen LogP contribution in [0.4, 0.5) is 0 Å². The molecule has 0 saturated carbocycles. The van der Waals surface area contributed by atoms with Crippen LogP contribution in [-0.2, 0) is 6.54 Å². The predicted octanol–water partition coefficient (Wildman–Crippen LogP) is 1.90. The van der Waals surface area contributed by atoms with E-state index in [1.165, 1.54) is 5.56 Å². The molecule has 0 aliphatic carbocycles. The second kappa shape index (κ2) is 5.57. The van der Waals surface area contributed by atoms with Crippen molar-refractivity contribution in [2.45, 2.75) is 19.5 Å². The largest absolute Gasteiger partial charge is 0.486 e. The summed E-state index contributed by atoms with van der Waals surface area (Å²) in [4.78, 5) is 2.46. The number of rotatable bonds is 2. The van der Waals surface area contributed by atoms with E-state index >= 15 is 0 Å². The Bertz CT molecular complexity index is 467. The highest BCUT2D eigenvalue weighted by Gasteiger charge is 2.21. The summed E-state index contributed by atoms with van der Waals surface area (Å²) in [5.74, 6) is 1.46. The molecule has 1 atom stereocenters. The lowest BCUT2D eigenvalue weighted by Crippen LogP contribution is -2.49. The summed E-state index contributed by atoms with van der Waals surface area (Å²) >= 11 is 6.27. The second-order valence-electron chi connectivity index (χ2n) is 5.13. The van der Waals surface area contributed by atoms with E-state index in [1.54, 1.807) is 0 Å². The minimum Gasteiger partial charge on any atom is -0.486 e. The lowest BCUT2D eigenvalue weighted by molar-refractivity contribution is 0.161. The molecule has 1 fully saturated rings. The summed E-state index contributed by atoms with van der Waals surface area (Å²) in [5, 5.41) is 4.05. The Morgan fingerprint density at radius 1 is 1.37 bits per heavy atom. The zero-order valence-electron chi connectivity index (χ0n) is 11.1. The molecule has 0 aromatic heterocycles. The fourth-order valence-electron chi connectivity index (χ4n) is 2.61. The van der Waals surface area contributed by atoms with Gasteiger partial charge >= 0.3 is 0 Å². The number of fused-ring (bicyclic) bond motifs is 1. The smallest absolute Gasteiger partial charge is 0.179 e. The Morgan fingerprint density at radius 3 is 3.05 bits per heavy atom. The van der Waals surface area contributed by atoms with Crippen LogP contribution >= 0.6 is 11.6 Å². The molecule has 1 aromatic rings. The second-order valence-corrected chi connectivity index (χ2v) is 5.53. The minimum absolute atomic E-state index is 0.542. The molecule has 2 heterocycles. The summed E-state index contributed by atoms with van der Waals surface area (Å²) in [5.41, 5.74) is 1.18. The summed E-state index contributed by atoms with van der Waals surface area (Å²) in [6.07, 6.45) is 0. The van der Waals surface area contributed by atoms with Gasteiger partial charge in [-0.3, -0.25) is 4.90 Å². The lowest BCUT2D eigenvalue weighted by Gasteiger charge is -2.34. The van der Waals surface area contributed by atoms with Crippen molar-refractivity contribution in [2.75, 3.05) is 32.8 Å². The molecule has 19 heavy (non-hydrogen) atoms. The van der Waals surface area contributed by atoms with Crippen molar-refractivity contribution in [3.63, 3.8) is 0 Å². The predicted molar refractivity (Wildman–Crippen MR) is 75.2 cm³/mol. The van der Waals surface area contributed by atoms with Gasteiger partial charge in [0, 0.05) is 32.2 Å². The zero-order chi connectivity index (χ0) is 13.2. The van der Waals surface area contributed by atoms with Crippen molar-refractivity contribution >= 4 is 11.6 Å². The number of nitrogens with zero attached hydrogens (tertiary/aromatic N) is 1. The van der Waals surface area contributed by atoms with Crippen molar-refractivity contribution in [1.29, 1.82) is 0 Å². The van der Waals surface area contributed by atoms with E-state index in [0.717, 1.165) is 31.9 Å². The summed E-state index contributed by atoms with van der Waals surface area (Å²) < 4.78 is 11.2. The molecule has 104 valence electrons. The molecular weight excluding hydrogens is 264 g/mol. The third-order valence-electron chi connectivity index (χ3n) is 3.68. The highest BCUT2D eigenvalue weighted by atomic mass is 35.5. The Kier molecular flexibility index (Phi) is 3.82. The van der Waals surface area contributed by atoms with Crippen LogP contribution in [0.25, 0.3) is 0 Å². The van der Waals surface area contributed by atoms with Gasteiger partial charge in [0.1, 0.15) is 13.2 Å². The van der Waals surface area contributed by atoms with Crippen molar-refractivity contribution in [3.05, 3.63) is 22.7 Å². The SMILES string of the molecule is C[C@@H]1CNCCN1Cc1cc(Cl)c2c(c1)OCCO2. The average Bonchev–Trinajstić information content (AvgIpc) is 2.42. The molecule has 3 rings (SSSR count). The lowest BCUT2D eigenvalue weighted by atomic mass is 10.1. The number of piperazine rings is 1. The van der Waals surface area contributed by atoms with Gasteiger partial charge in [0.15, 0.2) is 11.5 Å². The van der Waals surface area contributed by atoms with Crippen LogP contribution in [0.2, 0.25) is 5.02 Å². The highest BCUT2D eigenvalue weighted by Crippen LogP contribution is 2.38. The van der Waals surface area contributed by atoms with Crippen molar-refractivity contribution < 1.29 is 9.47 Å². The highest BCUT2D eigenvalue weighted by molar-refractivity contribution is 6.32. The number of benzene rings is 1. The van der Waals surface area contributed by atoms with E-state index in [1.807, 2.05) is 6.07 Å². The third-order valence-corrected chi connectivity index (χ3v) is 3.96. The Hall–Kier alpha value is -0.970. The topological polar surface area (TPSA) is 33.7 Å². The van der Waals surface area contributed by atoms with Gasteiger partial charge in [-0.2, -0.15) is 0 Å². The number of halogens is 1. The van der Waals surface area contributed by atoms with Crippen LogP contribution in [0.1, 0.15) is 12.5 Å². The number of hydrogen-bond acceptors (Lipinski definition) is 4. The first-order chi connectivity index (χ1) is 9.24. The van der Waals surface area contributed by atoms with Gasteiger partial charge < -0.3 is 14.8 Å².